The van der Waals surface area contributed by atoms with Crippen LogP contribution in [0, 0.1) is 0 Å². The van der Waals surface area contributed by atoms with Crippen LogP contribution >= 0.6 is 0 Å². The lowest BCUT2D eigenvalue weighted by atomic mass is 10.1. The molecule has 0 saturated heterocycles. The second-order valence-electron chi connectivity index (χ2n) is 4.34. The van der Waals surface area contributed by atoms with Gasteiger partial charge in [0.2, 0.25) is 11.8 Å². The van der Waals surface area contributed by atoms with Crippen molar-refractivity contribution in [2.45, 2.75) is 44.2 Å². The predicted octanol–water partition coefficient (Wildman–Crippen LogP) is -1.72. The number of hydrogen-bond acceptors (Lipinski definition) is 5. The lowest BCUT2D eigenvalue weighted by molar-refractivity contribution is -0.138. The smallest absolute Gasteiger partial charge is 0.320 e. The Morgan fingerprint density at radius 3 is 2.21 bits per heavy atom. The van der Waals surface area contributed by atoms with Gasteiger partial charge in [-0.15, -0.1) is 0 Å². The summed E-state index contributed by atoms with van der Waals surface area (Å²) in [7, 11) is 0. The van der Waals surface area contributed by atoms with E-state index in [1.165, 1.54) is 0 Å². The summed E-state index contributed by atoms with van der Waals surface area (Å²) in [5.74, 6) is -1.86. The fraction of sp³-hybridized carbons (Fsp3) is 0.727. The van der Waals surface area contributed by atoms with Crippen LogP contribution in [0.15, 0.2) is 0 Å². The second-order valence-corrected chi connectivity index (χ2v) is 4.34. The zero-order valence-electron chi connectivity index (χ0n) is 10.8. The summed E-state index contributed by atoms with van der Waals surface area (Å²) in [6.07, 6.45) is 1.99. The third-order valence-corrected chi connectivity index (χ3v) is 2.63. The van der Waals surface area contributed by atoms with Gasteiger partial charge in [-0.25, -0.2) is 0 Å². The van der Waals surface area contributed by atoms with Crippen LogP contribution in [0.2, 0.25) is 0 Å². The van der Waals surface area contributed by atoms with Crippen LogP contribution in [0.1, 0.15) is 32.1 Å². The molecule has 19 heavy (non-hydrogen) atoms. The minimum Gasteiger partial charge on any atom is -0.480 e. The molecule has 8 N–H and O–H groups in total. The van der Waals surface area contributed by atoms with E-state index in [1.807, 2.05) is 0 Å². The molecule has 110 valence electrons. The highest BCUT2D eigenvalue weighted by molar-refractivity contribution is 5.81. The Morgan fingerprint density at radius 1 is 1.05 bits per heavy atom. The summed E-state index contributed by atoms with van der Waals surface area (Å²) in [5, 5.41) is 11.2. The first kappa shape index (κ1) is 17.3. The molecule has 8 heteroatoms. The molecule has 0 heterocycles. The number of unbranched alkanes of at least 4 members (excludes halogenated alkanes) is 1. The first-order chi connectivity index (χ1) is 8.84. The topological polar surface area (TPSA) is 162 Å². The molecule has 0 aromatic heterocycles. The molecule has 0 aliphatic carbocycles. The lowest BCUT2D eigenvalue weighted by Crippen LogP contribution is -2.37. The number of carbonyl (C=O) groups excluding carboxylic acids is 2. The van der Waals surface area contributed by atoms with Crippen molar-refractivity contribution in [1.82, 2.24) is 5.32 Å². The summed E-state index contributed by atoms with van der Waals surface area (Å²) in [5.41, 5.74) is 15.7. The fourth-order valence-electron chi connectivity index (χ4n) is 1.36. The number of amides is 2. The first-order valence-corrected chi connectivity index (χ1v) is 6.14. The van der Waals surface area contributed by atoms with Gasteiger partial charge in [-0.05, 0) is 25.7 Å². The maximum atomic E-state index is 11.3. The Hall–Kier alpha value is -1.67. The Bertz CT molecular complexity index is 322. The number of carboxylic acid groups (broad SMARTS) is 1. The summed E-state index contributed by atoms with van der Waals surface area (Å²) < 4.78 is 0. The third kappa shape index (κ3) is 8.97. The van der Waals surface area contributed by atoms with E-state index in [9.17, 15) is 14.4 Å². The maximum absolute atomic E-state index is 11.3. The molecule has 0 radical (unpaired) electrons. The number of aliphatic carboxylic acids is 1. The standard InChI is InChI=1S/C11H22N4O4/c12-7(10(14)17)4-5-9(16)15-6-2-1-3-8(13)11(18)19/h7-8H,1-6,12-13H2,(H2,14,17)(H,15,16)(H,18,19)/t7-,8-/m0/s1. The van der Waals surface area contributed by atoms with Gasteiger partial charge in [-0.3, -0.25) is 14.4 Å². The monoisotopic (exact) mass is 274 g/mol. The molecule has 0 rings (SSSR count). The van der Waals surface area contributed by atoms with Crippen molar-refractivity contribution in [1.29, 1.82) is 0 Å². The molecule has 0 aromatic carbocycles. The quantitative estimate of drug-likeness (QED) is 0.297. The number of carboxylic acids is 1. The maximum Gasteiger partial charge on any atom is 0.320 e. The van der Waals surface area contributed by atoms with Crippen molar-refractivity contribution >= 4 is 17.8 Å². The number of primary amides is 1. The number of nitrogens with two attached hydrogens (primary N) is 3. The highest BCUT2D eigenvalue weighted by Gasteiger charge is 2.12. The minimum absolute atomic E-state index is 0.138. The molecule has 0 bridgehead atoms. The van der Waals surface area contributed by atoms with Gasteiger partial charge in [0.15, 0.2) is 0 Å². The van der Waals surface area contributed by atoms with Gasteiger partial charge in [-0.2, -0.15) is 0 Å². The predicted molar refractivity (Wildman–Crippen MR) is 68.9 cm³/mol. The van der Waals surface area contributed by atoms with E-state index in [2.05, 4.69) is 5.32 Å². The van der Waals surface area contributed by atoms with Crippen LogP contribution in [0.5, 0.6) is 0 Å². The van der Waals surface area contributed by atoms with E-state index in [1.54, 1.807) is 0 Å². The van der Waals surface area contributed by atoms with Crippen molar-refractivity contribution in [2.24, 2.45) is 17.2 Å². The highest BCUT2D eigenvalue weighted by Crippen LogP contribution is 1.99. The molecule has 2 amide bonds. The summed E-state index contributed by atoms with van der Waals surface area (Å²) in [4.78, 5) is 32.4. The van der Waals surface area contributed by atoms with Crippen LogP contribution in [0.3, 0.4) is 0 Å². The first-order valence-electron chi connectivity index (χ1n) is 6.14. The Morgan fingerprint density at radius 2 is 1.68 bits per heavy atom. The molecule has 0 aliphatic rings. The van der Waals surface area contributed by atoms with E-state index in [-0.39, 0.29) is 18.7 Å². The van der Waals surface area contributed by atoms with Gasteiger partial charge in [0.05, 0.1) is 6.04 Å². The number of rotatable bonds is 10. The number of nitrogens with one attached hydrogen (secondary N) is 1. The van der Waals surface area contributed by atoms with E-state index < -0.39 is 24.0 Å². The van der Waals surface area contributed by atoms with Gasteiger partial charge in [0.1, 0.15) is 6.04 Å². The van der Waals surface area contributed by atoms with Crippen LogP contribution in [-0.2, 0) is 14.4 Å². The van der Waals surface area contributed by atoms with Crippen molar-refractivity contribution in [3.05, 3.63) is 0 Å². The van der Waals surface area contributed by atoms with Crippen molar-refractivity contribution in [2.75, 3.05) is 6.54 Å². The highest BCUT2D eigenvalue weighted by atomic mass is 16.4. The van der Waals surface area contributed by atoms with Crippen molar-refractivity contribution in [3.8, 4) is 0 Å². The lowest BCUT2D eigenvalue weighted by Gasteiger charge is -2.09. The van der Waals surface area contributed by atoms with Crippen LogP contribution in [-0.4, -0.2) is 41.5 Å². The average Bonchev–Trinajstić information content (AvgIpc) is 2.34. The van der Waals surface area contributed by atoms with Crippen molar-refractivity contribution in [3.63, 3.8) is 0 Å². The average molecular weight is 274 g/mol. The fourth-order valence-corrected chi connectivity index (χ4v) is 1.36. The summed E-state index contributed by atoms with van der Waals surface area (Å²) in [6.45, 7) is 0.441. The molecule has 0 aromatic rings. The van der Waals surface area contributed by atoms with Gasteiger partial charge in [0, 0.05) is 13.0 Å². The van der Waals surface area contributed by atoms with E-state index in [0.717, 1.165) is 0 Å². The number of hydrogen-bond donors (Lipinski definition) is 5. The van der Waals surface area contributed by atoms with Crippen LogP contribution in [0.4, 0.5) is 0 Å². The van der Waals surface area contributed by atoms with E-state index in [0.29, 0.717) is 25.8 Å². The second kappa shape index (κ2) is 9.29. The Kier molecular flexibility index (Phi) is 8.47. The molecule has 8 nitrogen and oxygen atoms in total. The van der Waals surface area contributed by atoms with Crippen LogP contribution < -0.4 is 22.5 Å². The molecule has 0 saturated carbocycles. The zero-order chi connectivity index (χ0) is 14.8. The molecule has 0 fully saturated rings. The number of carbonyl (C=O) groups is 3. The van der Waals surface area contributed by atoms with Gasteiger partial charge in [0.25, 0.3) is 0 Å². The normalized spacial score (nSPS) is 13.6. The SMILES string of the molecule is NC(=O)[C@@H](N)CCC(=O)NCCCC[C@H](N)C(=O)O. The van der Waals surface area contributed by atoms with Gasteiger partial charge >= 0.3 is 5.97 Å². The van der Waals surface area contributed by atoms with E-state index >= 15 is 0 Å². The molecule has 0 spiro atoms. The van der Waals surface area contributed by atoms with Crippen LogP contribution in [0.25, 0.3) is 0 Å². The largest absolute Gasteiger partial charge is 0.480 e. The Balaban J connectivity index is 3.54. The van der Waals surface area contributed by atoms with Gasteiger partial charge < -0.3 is 27.6 Å². The zero-order valence-corrected chi connectivity index (χ0v) is 10.8. The molecular weight excluding hydrogens is 252 g/mol. The third-order valence-electron chi connectivity index (χ3n) is 2.63. The molecule has 2 atom stereocenters. The summed E-state index contributed by atoms with van der Waals surface area (Å²) >= 11 is 0. The molecule has 0 aliphatic heterocycles. The Labute approximate surface area is 111 Å². The van der Waals surface area contributed by atoms with E-state index in [4.69, 9.17) is 22.3 Å². The molecule has 0 unspecified atom stereocenters. The van der Waals surface area contributed by atoms with Gasteiger partial charge in [-0.1, -0.05) is 0 Å². The summed E-state index contributed by atoms with van der Waals surface area (Å²) in [6, 6.07) is -1.66. The van der Waals surface area contributed by atoms with Crippen molar-refractivity contribution < 1.29 is 19.5 Å². The molecular formula is C11H22N4O4. The minimum atomic E-state index is -1.02.